The maximum atomic E-state index is 12.7. The van der Waals surface area contributed by atoms with Crippen molar-refractivity contribution in [2.75, 3.05) is 18.0 Å². The summed E-state index contributed by atoms with van der Waals surface area (Å²) in [4.78, 5) is 25.8. The maximum absolute atomic E-state index is 12.7. The van der Waals surface area contributed by atoms with E-state index in [2.05, 4.69) is 46.9 Å². The topological polar surface area (TPSA) is 49.3 Å². The molecular formula is C20H24N4O. The van der Waals surface area contributed by atoms with Crippen LogP contribution < -0.4 is 4.90 Å². The number of benzene rings is 1. The minimum atomic E-state index is 0.000436. The molecule has 3 heterocycles. The number of amides is 1. The van der Waals surface area contributed by atoms with Gasteiger partial charge < -0.3 is 9.80 Å². The van der Waals surface area contributed by atoms with Crippen molar-refractivity contribution >= 4 is 17.4 Å². The fourth-order valence-corrected chi connectivity index (χ4v) is 4.01. The molecule has 5 nitrogen and oxygen atoms in total. The van der Waals surface area contributed by atoms with Crippen molar-refractivity contribution in [2.45, 2.75) is 39.2 Å². The summed E-state index contributed by atoms with van der Waals surface area (Å²) >= 11 is 0. The van der Waals surface area contributed by atoms with E-state index >= 15 is 0 Å². The van der Waals surface area contributed by atoms with E-state index in [0.29, 0.717) is 17.7 Å². The highest BCUT2D eigenvalue weighted by Gasteiger charge is 2.28. The summed E-state index contributed by atoms with van der Waals surface area (Å²) in [6.07, 6.45) is 6.63. The first-order chi connectivity index (χ1) is 12.1. The summed E-state index contributed by atoms with van der Waals surface area (Å²) in [6, 6.07) is 8.74. The Labute approximate surface area is 148 Å². The molecule has 130 valence electrons. The Bertz CT molecular complexity index is 774. The Morgan fingerprint density at radius 1 is 1.16 bits per heavy atom. The standard InChI is InChI=1S/C20H24N4O/c1-14-6-5-9-23(13-14)20(25)17-11-22-19(12-21-17)24-15(2)10-16-7-3-4-8-18(16)24/h3-4,7-8,11-12,14-15H,5-6,9-10,13H2,1-2H3. The van der Waals surface area contributed by atoms with Crippen molar-refractivity contribution in [3.63, 3.8) is 0 Å². The molecule has 1 aromatic carbocycles. The molecule has 0 N–H and O–H groups in total. The highest BCUT2D eigenvalue weighted by Crippen LogP contribution is 2.36. The van der Waals surface area contributed by atoms with Crippen LogP contribution in [0.15, 0.2) is 36.7 Å². The fraction of sp³-hybridized carbons (Fsp3) is 0.450. The van der Waals surface area contributed by atoms with E-state index in [4.69, 9.17) is 0 Å². The van der Waals surface area contributed by atoms with Crippen molar-refractivity contribution in [1.29, 1.82) is 0 Å². The number of hydrogen-bond acceptors (Lipinski definition) is 4. The monoisotopic (exact) mass is 336 g/mol. The first-order valence-electron chi connectivity index (χ1n) is 9.12. The molecule has 2 aliphatic heterocycles. The van der Waals surface area contributed by atoms with Gasteiger partial charge in [0.1, 0.15) is 5.69 Å². The van der Waals surface area contributed by atoms with Crippen molar-refractivity contribution in [3.05, 3.63) is 47.9 Å². The van der Waals surface area contributed by atoms with Crippen molar-refractivity contribution in [1.82, 2.24) is 14.9 Å². The van der Waals surface area contributed by atoms with E-state index in [1.165, 1.54) is 17.7 Å². The van der Waals surface area contributed by atoms with Gasteiger partial charge in [-0.25, -0.2) is 9.97 Å². The predicted octanol–water partition coefficient (Wildman–Crippen LogP) is 3.43. The van der Waals surface area contributed by atoms with Gasteiger partial charge in [-0.3, -0.25) is 4.79 Å². The van der Waals surface area contributed by atoms with Gasteiger partial charge in [-0.05, 0) is 43.7 Å². The van der Waals surface area contributed by atoms with Gasteiger partial charge in [0.25, 0.3) is 5.91 Å². The Hall–Kier alpha value is -2.43. The van der Waals surface area contributed by atoms with E-state index in [1.807, 2.05) is 11.0 Å². The van der Waals surface area contributed by atoms with Crippen LogP contribution in [0, 0.1) is 5.92 Å². The highest BCUT2D eigenvalue weighted by atomic mass is 16.2. The number of carbonyl (C=O) groups is 1. The number of likely N-dealkylation sites (tertiary alicyclic amines) is 1. The zero-order valence-electron chi connectivity index (χ0n) is 14.9. The molecule has 2 aromatic rings. The van der Waals surface area contributed by atoms with Crippen LogP contribution in [0.3, 0.4) is 0 Å². The molecule has 2 atom stereocenters. The lowest BCUT2D eigenvalue weighted by atomic mass is 10.0. The molecule has 25 heavy (non-hydrogen) atoms. The molecule has 0 bridgehead atoms. The van der Waals surface area contributed by atoms with Crippen LogP contribution in [-0.2, 0) is 6.42 Å². The SMILES string of the molecule is CC1CCCN(C(=O)c2cnc(N3c4ccccc4CC3C)cn2)C1. The number of carbonyl (C=O) groups excluding carboxylic acids is 1. The number of anilines is 2. The first-order valence-corrected chi connectivity index (χ1v) is 9.12. The van der Waals surface area contributed by atoms with Gasteiger partial charge in [0.15, 0.2) is 5.82 Å². The quantitative estimate of drug-likeness (QED) is 0.843. The van der Waals surface area contributed by atoms with Crippen LogP contribution in [0.25, 0.3) is 0 Å². The van der Waals surface area contributed by atoms with E-state index in [-0.39, 0.29) is 5.91 Å². The molecule has 1 aromatic heterocycles. The lowest BCUT2D eigenvalue weighted by Crippen LogP contribution is -2.39. The number of nitrogens with zero attached hydrogens (tertiary/aromatic N) is 4. The molecule has 0 spiro atoms. The predicted molar refractivity (Wildman–Crippen MR) is 98.1 cm³/mol. The average molecular weight is 336 g/mol. The molecular weight excluding hydrogens is 312 g/mol. The van der Waals surface area contributed by atoms with E-state index < -0.39 is 0 Å². The van der Waals surface area contributed by atoms with Crippen LogP contribution >= 0.6 is 0 Å². The molecule has 2 aliphatic rings. The van der Waals surface area contributed by atoms with Gasteiger partial charge in [-0.2, -0.15) is 0 Å². The van der Waals surface area contributed by atoms with Gasteiger partial charge in [0, 0.05) is 24.8 Å². The van der Waals surface area contributed by atoms with Gasteiger partial charge in [-0.15, -0.1) is 0 Å². The highest BCUT2D eigenvalue weighted by molar-refractivity contribution is 5.92. The fourth-order valence-electron chi connectivity index (χ4n) is 4.01. The third kappa shape index (κ3) is 2.99. The van der Waals surface area contributed by atoms with E-state index in [1.54, 1.807) is 12.4 Å². The Morgan fingerprint density at radius 2 is 2.00 bits per heavy atom. The van der Waals surface area contributed by atoms with Crippen LogP contribution in [-0.4, -0.2) is 39.9 Å². The molecule has 5 heteroatoms. The smallest absolute Gasteiger partial charge is 0.274 e. The first kappa shape index (κ1) is 16.1. The van der Waals surface area contributed by atoms with Crippen LogP contribution in [0.1, 0.15) is 42.7 Å². The summed E-state index contributed by atoms with van der Waals surface area (Å²) in [6.45, 7) is 6.03. The van der Waals surface area contributed by atoms with Crippen molar-refractivity contribution in [3.8, 4) is 0 Å². The Balaban J connectivity index is 1.55. The molecule has 0 saturated carbocycles. The second-order valence-corrected chi connectivity index (χ2v) is 7.31. The number of fused-ring (bicyclic) bond motifs is 1. The second kappa shape index (κ2) is 6.47. The Morgan fingerprint density at radius 3 is 2.76 bits per heavy atom. The third-order valence-electron chi connectivity index (χ3n) is 5.26. The lowest BCUT2D eigenvalue weighted by Gasteiger charge is -2.30. The van der Waals surface area contributed by atoms with Crippen LogP contribution in [0.2, 0.25) is 0 Å². The number of hydrogen-bond donors (Lipinski definition) is 0. The van der Waals surface area contributed by atoms with Crippen LogP contribution in [0.4, 0.5) is 11.5 Å². The summed E-state index contributed by atoms with van der Waals surface area (Å²) in [5, 5.41) is 0. The molecule has 1 fully saturated rings. The third-order valence-corrected chi connectivity index (χ3v) is 5.26. The summed E-state index contributed by atoms with van der Waals surface area (Å²) in [5.74, 6) is 1.37. The number of aromatic nitrogens is 2. The van der Waals surface area contributed by atoms with Gasteiger partial charge in [0.2, 0.25) is 0 Å². The molecule has 0 radical (unpaired) electrons. The zero-order valence-corrected chi connectivity index (χ0v) is 14.9. The molecule has 4 rings (SSSR count). The van der Waals surface area contributed by atoms with Gasteiger partial charge >= 0.3 is 0 Å². The van der Waals surface area contributed by atoms with Crippen molar-refractivity contribution < 1.29 is 4.79 Å². The van der Waals surface area contributed by atoms with Crippen molar-refractivity contribution in [2.24, 2.45) is 5.92 Å². The summed E-state index contributed by atoms with van der Waals surface area (Å²) in [7, 11) is 0. The largest absolute Gasteiger partial charge is 0.337 e. The number of para-hydroxylation sites is 1. The molecule has 0 aliphatic carbocycles. The molecule has 2 unspecified atom stereocenters. The average Bonchev–Trinajstić information content (AvgIpc) is 2.97. The normalized spacial score (nSPS) is 22.8. The maximum Gasteiger partial charge on any atom is 0.274 e. The summed E-state index contributed by atoms with van der Waals surface area (Å²) < 4.78 is 0. The second-order valence-electron chi connectivity index (χ2n) is 7.31. The van der Waals surface area contributed by atoms with E-state index in [0.717, 1.165) is 31.7 Å². The zero-order chi connectivity index (χ0) is 17.4. The minimum absolute atomic E-state index is 0.000436. The van der Waals surface area contributed by atoms with E-state index in [9.17, 15) is 4.79 Å². The lowest BCUT2D eigenvalue weighted by molar-refractivity contribution is 0.0676. The van der Waals surface area contributed by atoms with Gasteiger partial charge in [-0.1, -0.05) is 25.1 Å². The molecule has 1 saturated heterocycles. The van der Waals surface area contributed by atoms with Crippen LogP contribution in [0.5, 0.6) is 0 Å². The minimum Gasteiger partial charge on any atom is -0.337 e. The number of rotatable bonds is 2. The Kier molecular flexibility index (Phi) is 4.15. The van der Waals surface area contributed by atoms with Gasteiger partial charge in [0.05, 0.1) is 12.4 Å². The molecule has 1 amide bonds. The number of piperidine rings is 1. The summed E-state index contributed by atoms with van der Waals surface area (Å²) in [5.41, 5.74) is 2.96.